The highest BCUT2D eigenvalue weighted by Crippen LogP contribution is 2.27. The lowest BCUT2D eigenvalue weighted by molar-refractivity contribution is -0.116. The number of hydrogen-bond acceptors (Lipinski definition) is 5. The Bertz CT molecular complexity index is 731. The fourth-order valence-electron chi connectivity index (χ4n) is 2.49. The third kappa shape index (κ3) is 6.06. The van der Waals surface area contributed by atoms with Gasteiger partial charge < -0.3 is 26.0 Å². The van der Waals surface area contributed by atoms with E-state index in [1.807, 2.05) is 38.1 Å². The van der Waals surface area contributed by atoms with Gasteiger partial charge in [0.2, 0.25) is 5.91 Å². The largest absolute Gasteiger partial charge is 0.504 e. The summed E-state index contributed by atoms with van der Waals surface area (Å²) in [6.07, 6.45) is 0.189. The van der Waals surface area contributed by atoms with Crippen molar-refractivity contribution in [1.29, 1.82) is 0 Å². The van der Waals surface area contributed by atoms with E-state index in [-0.39, 0.29) is 30.0 Å². The van der Waals surface area contributed by atoms with Gasteiger partial charge in [-0.05, 0) is 50.1 Å². The highest BCUT2D eigenvalue weighted by atomic mass is 16.3. The lowest BCUT2D eigenvalue weighted by Gasteiger charge is -2.17. The Kier molecular flexibility index (Phi) is 7.00. The second kappa shape index (κ2) is 9.22. The number of carbonyl (C=O) groups excluding carboxylic acids is 1. The van der Waals surface area contributed by atoms with Gasteiger partial charge in [0.1, 0.15) is 0 Å². The van der Waals surface area contributed by atoms with E-state index in [0.717, 1.165) is 11.3 Å². The molecule has 0 radical (unpaired) electrons. The van der Waals surface area contributed by atoms with Crippen molar-refractivity contribution >= 4 is 11.6 Å². The van der Waals surface area contributed by atoms with E-state index in [0.29, 0.717) is 18.4 Å². The van der Waals surface area contributed by atoms with Crippen LogP contribution < -0.4 is 10.6 Å². The number of anilines is 1. The molecule has 2 atom stereocenters. The quantitative estimate of drug-likeness (QED) is 0.467. The topological polar surface area (TPSA) is 102 Å². The molecule has 0 aromatic heterocycles. The van der Waals surface area contributed by atoms with E-state index in [4.69, 9.17) is 0 Å². The van der Waals surface area contributed by atoms with Crippen LogP contribution in [0.15, 0.2) is 42.5 Å². The first kappa shape index (κ1) is 19.8. The maximum Gasteiger partial charge on any atom is 0.224 e. The molecule has 1 amide bonds. The van der Waals surface area contributed by atoms with Gasteiger partial charge in [-0.2, -0.15) is 0 Å². The predicted octanol–water partition coefficient (Wildman–Crippen LogP) is 2.84. The summed E-state index contributed by atoms with van der Waals surface area (Å²) < 4.78 is 0. The van der Waals surface area contributed by atoms with Gasteiger partial charge in [-0.1, -0.05) is 23.8 Å². The molecule has 5 N–H and O–H groups in total. The molecule has 26 heavy (non-hydrogen) atoms. The van der Waals surface area contributed by atoms with Crippen molar-refractivity contribution in [2.75, 3.05) is 11.9 Å². The highest BCUT2D eigenvalue weighted by molar-refractivity contribution is 5.90. The number of phenols is 2. The normalized spacial score (nSPS) is 13.2. The lowest BCUT2D eigenvalue weighted by atomic mass is 10.1. The number of benzene rings is 2. The molecule has 0 aliphatic rings. The van der Waals surface area contributed by atoms with Crippen LogP contribution in [0.3, 0.4) is 0 Å². The van der Waals surface area contributed by atoms with E-state index in [1.165, 1.54) is 12.1 Å². The monoisotopic (exact) mass is 358 g/mol. The molecule has 0 spiro atoms. The van der Waals surface area contributed by atoms with Crippen molar-refractivity contribution in [3.8, 4) is 11.5 Å². The van der Waals surface area contributed by atoms with Gasteiger partial charge in [-0.25, -0.2) is 0 Å². The van der Waals surface area contributed by atoms with Crippen LogP contribution in [0.1, 0.15) is 37.0 Å². The molecular weight excluding hydrogens is 332 g/mol. The van der Waals surface area contributed by atoms with Crippen LogP contribution in [-0.2, 0) is 4.79 Å². The summed E-state index contributed by atoms with van der Waals surface area (Å²) in [5, 5.41) is 35.0. The Balaban J connectivity index is 1.72. The summed E-state index contributed by atoms with van der Waals surface area (Å²) in [6, 6.07) is 11.9. The predicted molar refractivity (Wildman–Crippen MR) is 101 cm³/mol. The van der Waals surface area contributed by atoms with Crippen molar-refractivity contribution in [3.05, 3.63) is 53.6 Å². The summed E-state index contributed by atoms with van der Waals surface area (Å²) in [6.45, 7) is 4.22. The first-order chi connectivity index (χ1) is 12.3. The molecule has 6 nitrogen and oxygen atoms in total. The molecule has 2 aromatic carbocycles. The average Bonchev–Trinajstić information content (AvgIpc) is 2.62. The first-order valence-corrected chi connectivity index (χ1v) is 8.65. The molecule has 2 unspecified atom stereocenters. The number of rotatable bonds is 8. The SMILES string of the molecule is Cc1ccc(NC(=O)CCC(C)NCC(O)c2ccc(O)c(O)c2)cc1. The smallest absolute Gasteiger partial charge is 0.224 e. The lowest BCUT2D eigenvalue weighted by Crippen LogP contribution is -2.31. The van der Waals surface area contributed by atoms with Gasteiger partial charge in [0.15, 0.2) is 11.5 Å². The molecule has 6 heteroatoms. The minimum atomic E-state index is -0.815. The van der Waals surface area contributed by atoms with Crippen molar-refractivity contribution in [3.63, 3.8) is 0 Å². The standard InChI is InChI=1S/C20H26N2O4/c1-13-3-7-16(8-4-13)22-20(26)10-5-14(2)21-12-19(25)15-6-9-17(23)18(24)11-15/h3-4,6-9,11,14,19,21,23-25H,5,10,12H2,1-2H3,(H,22,26). The van der Waals surface area contributed by atoms with Gasteiger partial charge in [0.05, 0.1) is 6.10 Å². The molecule has 0 aliphatic heterocycles. The van der Waals surface area contributed by atoms with Crippen LogP contribution in [0.2, 0.25) is 0 Å². The first-order valence-electron chi connectivity index (χ1n) is 8.65. The number of aliphatic hydroxyl groups is 1. The number of nitrogens with one attached hydrogen (secondary N) is 2. The van der Waals surface area contributed by atoms with Crippen molar-refractivity contribution in [2.24, 2.45) is 0 Å². The zero-order chi connectivity index (χ0) is 19.1. The highest BCUT2D eigenvalue weighted by Gasteiger charge is 2.12. The number of hydrogen-bond donors (Lipinski definition) is 5. The maximum atomic E-state index is 12.0. The van der Waals surface area contributed by atoms with Gasteiger partial charge in [0.25, 0.3) is 0 Å². The van der Waals surface area contributed by atoms with E-state index in [2.05, 4.69) is 10.6 Å². The minimum Gasteiger partial charge on any atom is -0.504 e. The number of amides is 1. The van der Waals surface area contributed by atoms with Gasteiger partial charge >= 0.3 is 0 Å². The van der Waals surface area contributed by atoms with Gasteiger partial charge in [-0.15, -0.1) is 0 Å². The molecule has 0 bridgehead atoms. The van der Waals surface area contributed by atoms with Crippen LogP contribution in [0.25, 0.3) is 0 Å². The van der Waals surface area contributed by atoms with Crippen molar-refractivity contribution in [2.45, 2.75) is 38.8 Å². The van der Waals surface area contributed by atoms with E-state index < -0.39 is 6.10 Å². The van der Waals surface area contributed by atoms with Gasteiger partial charge in [-0.3, -0.25) is 4.79 Å². The summed E-state index contributed by atoms with van der Waals surface area (Å²) in [4.78, 5) is 12.0. The average molecular weight is 358 g/mol. The molecule has 0 saturated carbocycles. The Labute approximate surface area is 153 Å². The number of phenolic OH excluding ortho intramolecular Hbond substituents is 2. The fourth-order valence-corrected chi connectivity index (χ4v) is 2.49. The Hall–Kier alpha value is -2.57. The molecule has 140 valence electrons. The Morgan fingerprint density at radius 1 is 1.08 bits per heavy atom. The van der Waals surface area contributed by atoms with Crippen LogP contribution in [-0.4, -0.2) is 33.8 Å². The van der Waals surface area contributed by atoms with Crippen LogP contribution >= 0.6 is 0 Å². The van der Waals surface area contributed by atoms with E-state index >= 15 is 0 Å². The van der Waals surface area contributed by atoms with Gasteiger partial charge in [0, 0.05) is 24.7 Å². The van der Waals surface area contributed by atoms with Crippen LogP contribution in [0.4, 0.5) is 5.69 Å². The minimum absolute atomic E-state index is 0.0409. The Morgan fingerprint density at radius 3 is 2.42 bits per heavy atom. The second-order valence-corrected chi connectivity index (χ2v) is 6.53. The molecule has 0 aliphatic carbocycles. The maximum absolute atomic E-state index is 12.0. The third-order valence-corrected chi connectivity index (χ3v) is 4.18. The number of aliphatic hydroxyl groups excluding tert-OH is 1. The zero-order valence-electron chi connectivity index (χ0n) is 15.1. The third-order valence-electron chi connectivity index (χ3n) is 4.18. The molecular formula is C20H26N2O4. The Morgan fingerprint density at radius 2 is 1.77 bits per heavy atom. The zero-order valence-corrected chi connectivity index (χ0v) is 15.1. The second-order valence-electron chi connectivity index (χ2n) is 6.53. The fraction of sp³-hybridized carbons (Fsp3) is 0.350. The van der Waals surface area contributed by atoms with Crippen molar-refractivity contribution in [1.82, 2.24) is 5.32 Å². The summed E-state index contributed by atoms with van der Waals surface area (Å²) in [5.74, 6) is -0.532. The van der Waals surface area contributed by atoms with Crippen LogP contribution in [0.5, 0.6) is 11.5 Å². The summed E-state index contributed by atoms with van der Waals surface area (Å²) in [5.41, 5.74) is 2.43. The molecule has 2 rings (SSSR count). The number of aromatic hydroxyl groups is 2. The van der Waals surface area contributed by atoms with E-state index in [9.17, 15) is 20.1 Å². The number of carbonyl (C=O) groups is 1. The molecule has 0 heterocycles. The number of aryl methyl sites for hydroxylation is 1. The molecule has 0 saturated heterocycles. The van der Waals surface area contributed by atoms with Crippen molar-refractivity contribution < 1.29 is 20.1 Å². The summed E-state index contributed by atoms with van der Waals surface area (Å²) in [7, 11) is 0. The van der Waals surface area contributed by atoms with E-state index in [1.54, 1.807) is 6.07 Å². The van der Waals surface area contributed by atoms with Crippen LogP contribution in [0, 0.1) is 6.92 Å². The molecule has 0 fully saturated rings. The summed E-state index contributed by atoms with van der Waals surface area (Å²) >= 11 is 0. The molecule has 2 aromatic rings.